The van der Waals surface area contributed by atoms with Crippen LogP contribution in [0.15, 0.2) is 54.6 Å². The summed E-state index contributed by atoms with van der Waals surface area (Å²) in [5, 5.41) is 6.38. The third-order valence-electron chi connectivity index (χ3n) is 6.01. The highest BCUT2D eigenvalue weighted by atomic mass is 32.2. The lowest BCUT2D eigenvalue weighted by Crippen LogP contribution is -2.39. The number of carbonyl (C=O) groups excluding carboxylic acids is 2. The first-order chi connectivity index (χ1) is 15.1. The molecule has 0 bridgehead atoms. The second-order valence-corrected chi connectivity index (χ2v) is 9.37. The summed E-state index contributed by atoms with van der Waals surface area (Å²) in [5.41, 5.74) is 2.55. The van der Waals surface area contributed by atoms with Crippen LogP contribution in [0.4, 0.5) is 5.69 Å². The first kappa shape index (κ1) is 21.9. The van der Waals surface area contributed by atoms with Gasteiger partial charge in [0, 0.05) is 54.5 Å². The molecule has 2 atom stereocenters. The Morgan fingerprint density at radius 1 is 1.03 bits per heavy atom. The van der Waals surface area contributed by atoms with E-state index in [1.807, 2.05) is 40.9 Å². The molecule has 0 radical (unpaired) electrons. The Hall–Kier alpha value is -2.35. The van der Waals surface area contributed by atoms with Gasteiger partial charge in [0.1, 0.15) is 0 Å². The number of carbonyl (C=O) groups is 2. The summed E-state index contributed by atoms with van der Waals surface area (Å²) < 4.78 is 0. The number of amides is 2. The molecule has 0 unspecified atom stereocenters. The van der Waals surface area contributed by atoms with Crippen molar-refractivity contribution in [3.8, 4) is 0 Å². The van der Waals surface area contributed by atoms with Gasteiger partial charge in [-0.25, -0.2) is 0 Å². The molecule has 2 heterocycles. The van der Waals surface area contributed by atoms with Crippen LogP contribution in [-0.4, -0.2) is 72.4 Å². The lowest BCUT2D eigenvalue weighted by Gasteiger charge is -2.26. The van der Waals surface area contributed by atoms with E-state index < -0.39 is 0 Å². The third kappa shape index (κ3) is 5.47. The molecule has 2 amide bonds. The summed E-state index contributed by atoms with van der Waals surface area (Å²) in [6.07, 6.45) is 1.00. The summed E-state index contributed by atoms with van der Waals surface area (Å²) in [6, 6.07) is 18.2. The fraction of sp³-hybridized carbons (Fsp3) is 0.417. The minimum absolute atomic E-state index is 0.0363. The van der Waals surface area contributed by atoms with E-state index in [2.05, 4.69) is 46.8 Å². The molecule has 0 aromatic heterocycles. The quantitative estimate of drug-likeness (QED) is 0.726. The van der Waals surface area contributed by atoms with Crippen molar-refractivity contribution in [1.29, 1.82) is 0 Å². The van der Waals surface area contributed by atoms with Gasteiger partial charge in [-0.1, -0.05) is 36.4 Å². The van der Waals surface area contributed by atoms with E-state index in [0.29, 0.717) is 11.3 Å². The molecule has 2 fully saturated rings. The van der Waals surface area contributed by atoms with Crippen molar-refractivity contribution in [2.75, 3.05) is 50.0 Å². The minimum atomic E-state index is -0.0969. The Morgan fingerprint density at radius 2 is 1.81 bits per heavy atom. The van der Waals surface area contributed by atoms with Gasteiger partial charge in [-0.15, -0.1) is 0 Å². The maximum atomic E-state index is 12.7. The van der Waals surface area contributed by atoms with Crippen molar-refractivity contribution in [3.05, 3.63) is 65.7 Å². The Kier molecular flexibility index (Phi) is 7.27. The fourth-order valence-corrected chi connectivity index (χ4v) is 5.31. The zero-order valence-electron chi connectivity index (χ0n) is 17.9. The SMILES string of the molecule is CN1CC[C@@H](NCC(=O)Nc2cccc(C(=O)N3CCSCC3)c2)[C@@H]1c1ccccc1. The largest absolute Gasteiger partial charge is 0.337 e. The Bertz CT molecular complexity index is 901. The maximum absolute atomic E-state index is 12.7. The molecule has 0 spiro atoms. The molecular weight excluding hydrogens is 408 g/mol. The molecule has 7 heteroatoms. The molecule has 2 aromatic rings. The van der Waals surface area contributed by atoms with E-state index in [1.54, 1.807) is 6.07 Å². The normalized spacial score (nSPS) is 21.8. The van der Waals surface area contributed by atoms with Crippen molar-refractivity contribution >= 4 is 29.3 Å². The van der Waals surface area contributed by atoms with Crippen molar-refractivity contribution < 1.29 is 9.59 Å². The summed E-state index contributed by atoms with van der Waals surface area (Å²) in [5.74, 6) is 1.90. The molecular formula is C24H30N4O2S. The van der Waals surface area contributed by atoms with Gasteiger partial charge in [-0.05, 0) is 37.2 Å². The van der Waals surface area contributed by atoms with Gasteiger partial charge in [-0.2, -0.15) is 11.8 Å². The third-order valence-corrected chi connectivity index (χ3v) is 6.95. The molecule has 2 N–H and O–H groups in total. The monoisotopic (exact) mass is 438 g/mol. The van der Waals surface area contributed by atoms with Crippen LogP contribution in [0.2, 0.25) is 0 Å². The van der Waals surface area contributed by atoms with Crippen LogP contribution in [0.25, 0.3) is 0 Å². The predicted molar refractivity (Wildman–Crippen MR) is 127 cm³/mol. The number of hydrogen-bond donors (Lipinski definition) is 2. The fourth-order valence-electron chi connectivity index (χ4n) is 4.41. The van der Waals surface area contributed by atoms with Crippen LogP contribution in [0.3, 0.4) is 0 Å². The topological polar surface area (TPSA) is 64.7 Å². The van der Waals surface area contributed by atoms with Gasteiger partial charge < -0.3 is 15.5 Å². The highest BCUT2D eigenvalue weighted by Crippen LogP contribution is 2.30. The number of nitrogens with one attached hydrogen (secondary N) is 2. The Balaban J connectivity index is 1.33. The van der Waals surface area contributed by atoms with Gasteiger partial charge in [0.05, 0.1) is 6.54 Å². The lowest BCUT2D eigenvalue weighted by atomic mass is 10.0. The van der Waals surface area contributed by atoms with E-state index >= 15 is 0 Å². The summed E-state index contributed by atoms with van der Waals surface area (Å²) in [7, 11) is 2.13. The zero-order chi connectivity index (χ0) is 21.6. The molecule has 2 aromatic carbocycles. The number of nitrogens with zero attached hydrogens (tertiary/aromatic N) is 2. The molecule has 2 saturated heterocycles. The van der Waals surface area contributed by atoms with Crippen LogP contribution in [-0.2, 0) is 4.79 Å². The van der Waals surface area contributed by atoms with Crippen LogP contribution in [0.5, 0.6) is 0 Å². The smallest absolute Gasteiger partial charge is 0.253 e. The highest BCUT2D eigenvalue weighted by Gasteiger charge is 2.32. The van der Waals surface area contributed by atoms with Crippen LogP contribution in [0.1, 0.15) is 28.4 Å². The summed E-state index contributed by atoms with van der Waals surface area (Å²) in [6.45, 7) is 2.80. The molecule has 2 aliphatic rings. The number of hydrogen-bond acceptors (Lipinski definition) is 5. The number of anilines is 1. The molecule has 6 nitrogen and oxygen atoms in total. The maximum Gasteiger partial charge on any atom is 0.253 e. The number of rotatable bonds is 6. The van der Waals surface area contributed by atoms with Crippen molar-refractivity contribution in [1.82, 2.24) is 15.1 Å². The molecule has 31 heavy (non-hydrogen) atoms. The lowest BCUT2D eigenvalue weighted by molar-refractivity contribution is -0.115. The van der Waals surface area contributed by atoms with Gasteiger partial charge in [0.25, 0.3) is 5.91 Å². The number of benzene rings is 2. The van der Waals surface area contributed by atoms with E-state index in [-0.39, 0.29) is 30.4 Å². The molecule has 164 valence electrons. The second kappa shape index (κ2) is 10.3. The van der Waals surface area contributed by atoms with Crippen molar-refractivity contribution in [2.45, 2.75) is 18.5 Å². The molecule has 2 aliphatic heterocycles. The van der Waals surface area contributed by atoms with E-state index in [1.165, 1.54) is 5.56 Å². The van der Waals surface area contributed by atoms with Gasteiger partial charge >= 0.3 is 0 Å². The average Bonchev–Trinajstić information content (AvgIpc) is 3.19. The second-order valence-electron chi connectivity index (χ2n) is 8.15. The minimum Gasteiger partial charge on any atom is -0.337 e. The summed E-state index contributed by atoms with van der Waals surface area (Å²) >= 11 is 1.88. The number of likely N-dealkylation sites (tertiary alicyclic amines) is 1. The predicted octanol–water partition coefficient (Wildman–Crippen LogP) is 2.85. The van der Waals surface area contributed by atoms with Gasteiger partial charge in [0.2, 0.25) is 5.91 Å². The first-order valence-corrected chi connectivity index (χ1v) is 12.0. The Morgan fingerprint density at radius 3 is 2.58 bits per heavy atom. The van der Waals surface area contributed by atoms with Crippen molar-refractivity contribution in [3.63, 3.8) is 0 Å². The van der Waals surface area contributed by atoms with E-state index in [9.17, 15) is 9.59 Å². The van der Waals surface area contributed by atoms with Crippen LogP contribution >= 0.6 is 11.8 Å². The Labute approximate surface area is 188 Å². The van der Waals surface area contributed by atoms with Gasteiger partial charge in [0.15, 0.2) is 0 Å². The molecule has 0 saturated carbocycles. The first-order valence-electron chi connectivity index (χ1n) is 10.9. The standard InChI is InChI=1S/C24H30N4O2S/c1-27-11-10-21(23(27)18-6-3-2-4-7-18)25-17-22(29)26-20-9-5-8-19(16-20)24(30)28-12-14-31-15-13-28/h2-9,16,21,23,25H,10-15,17H2,1H3,(H,26,29)/t21-,23+/m1/s1. The molecule has 4 rings (SSSR count). The van der Waals surface area contributed by atoms with Crippen LogP contribution in [0, 0.1) is 0 Å². The highest BCUT2D eigenvalue weighted by molar-refractivity contribution is 7.99. The summed E-state index contributed by atoms with van der Waals surface area (Å²) in [4.78, 5) is 29.5. The van der Waals surface area contributed by atoms with Gasteiger partial charge in [-0.3, -0.25) is 14.5 Å². The van der Waals surface area contributed by atoms with Crippen LogP contribution < -0.4 is 10.6 Å². The average molecular weight is 439 g/mol. The van der Waals surface area contributed by atoms with E-state index in [0.717, 1.165) is 37.6 Å². The molecule has 0 aliphatic carbocycles. The number of likely N-dealkylation sites (N-methyl/N-ethyl adjacent to an activating group) is 1. The van der Waals surface area contributed by atoms with E-state index in [4.69, 9.17) is 0 Å². The number of thioether (sulfide) groups is 1. The van der Waals surface area contributed by atoms with Crippen molar-refractivity contribution in [2.24, 2.45) is 0 Å². The zero-order valence-corrected chi connectivity index (χ0v) is 18.7.